The molecule has 20 heavy (non-hydrogen) atoms. The van der Waals surface area contributed by atoms with Crippen molar-refractivity contribution >= 4 is 0 Å². The summed E-state index contributed by atoms with van der Waals surface area (Å²) in [7, 11) is 0. The van der Waals surface area contributed by atoms with Crippen molar-refractivity contribution in [2.45, 2.75) is 26.3 Å². The maximum atomic E-state index is 5.67. The normalized spacial score (nSPS) is 10.7. The van der Waals surface area contributed by atoms with E-state index in [4.69, 9.17) is 4.74 Å². The summed E-state index contributed by atoms with van der Waals surface area (Å²) in [5.41, 5.74) is 1.15. The van der Waals surface area contributed by atoms with Crippen molar-refractivity contribution in [3.05, 3.63) is 48.5 Å². The van der Waals surface area contributed by atoms with E-state index >= 15 is 0 Å². The summed E-state index contributed by atoms with van der Waals surface area (Å²) >= 11 is 0. The monoisotopic (exact) mass is 273 g/mol. The first-order chi connectivity index (χ1) is 9.88. The van der Waals surface area contributed by atoms with Gasteiger partial charge in [-0.1, -0.05) is 25.1 Å². The van der Waals surface area contributed by atoms with Gasteiger partial charge in [-0.2, -0.15) is 0 Å². The SMILES string of the molecule is CCNCCc1cn(CCCOc2ccccc2)cn1. The lowest BCUT2D eigenvalue weighted by molar-refractivity contribution is 0.302. The minimum absolute atomic E-state index is 0.731. The van der Waals surface area contributed by atoms with E-state index in [0.717, 1.165) is 50.5 Å². The predicted octanol–water partition coefficient (Wildman–Crippen LogP) is 2.50. The molecule has 108 valence electrons. The van der Waals surface area contributed by atoms with E-state index in [1.807, 2.05) is 36.7 Å². The summed E-state index contributed by atoms with van der Waals surface area (Å²) in [6.45, 7) is 5.80. The van der Waals surface area contributed by atoms with Crippen LogP contribution in [0.4, 0.5) is 0 Å². The molecule has 0 radical (unpaired) electrons. The van der Waals surface area contributed by atoms with Gasteiger partial charge in [0.2, 0.25) is 0 Å². The van der Waals surface area contributed by atoms with Crippen LogP contribution in [0.5, 0.6) is 5.75 Å². The van der Waals surface area contributed by atoms with Gasteiger partial charge in [0, 0.05) is 25.7 Å². The minimum atomic E-state index is 0.731. The number of nitrogens with zero attached hydrogens (tertiary/aromatic N) is 2. The molecule has 0 unspecified atom stereocenters. The van der Waals surface area contributed by atoms with Crippen molar-refractivity contribution in [2.75, 3.05) is 19.7 Å². The molecule has 1 aromatic carbocycles. The van der Waals surface area contributed by atoms with E-state index < -0.39 is 0 Å². The molecule has 2 rings (SSSR count). The predicted molar refractivity (Wildman–Crippen MR) is 81.0 cm³/mol. The summed E-state index contributed by atoms with van der Waals surface area (Å²) in [5, 5.41) is 3.31. The van der Waals surface area contributed by atoms with Crippen LogP contribution in [0.15, 0.2) is 42.9 Å². The molecule has 1 N–H and O–H groups in total. The van der Waals surface area contributed by atoms with E-state index in [2.05, 4.69) is 28.0 Å². The molecule has 0 fully saturated rings. The maximum absolute atomic E-state index is 5.67. The molecule has 0 aliphatic rings. The number of likely N-dealkylation sites (N-methyl/N-ethyl adjacent to an activating group) is 1. The Morgan fingerprint density at radius 2 is 2.10 bits per heavy atom. The Hall–Kier alpha value is -1.81. The summed E-state index contributed by atoms with van der Waals surface area (Å²) in [5.74, 6) is 0.935. The Bertz CT molecular complexity index is 481. The summed E-state index contributed by atoms with van der Waals surface area (Å²) in [6, 6.07) is 9.93. The minimum Gasteiger partial charge on any atom is -0.494 e. The fourth-order valence-corrected chi connectivity index (χ4v) is 2.00. The zero-order valence-electron chi connectivity index (χ0n) is 12.1. The number of hydrogen-bond acceptors (Lipinski definition) is 3. The molecule has 0 bridgehead atoms. The highest BCUT2D eigenvalue weighted by Gasteiger charge is 1.99. The summed E-state index contributed by atoms with van der Waals surface area (Å²) in [6.07, 6.45) is 6.00. The second-order valence-corrected chi connectivity index (χ2v) is 4.72. The first-order valence-corrected chi connectivity index (χ1v) is 7.27. The zero-order chi connectivity index (χ0) is 14.0. The molecular weight excluding hydrogens is 250 g/mol. The van der Waals surface area contributed by atoms with Crippen LogP contribution in [0, 0.1) is 0 Å². The van der Waals surface area contributed by atoms with Gasteiger partial charge in [-0.25, -0.2) is 4.98 Å². The number of para-hydroxylation sites is 1. The Kier molecular flexibility index (Phi) is 6.11. The van der Waals surface area contributed by atoms with Crippen LogP contribution >= 0.6 is 0 Å². The second kappa shape index (κ2) is 8.38. The Morgan fingerprint density at radius 1 is 1.25 bits per heavy atom. The van der Waals surface area contributed by atoms with Gasteiger partial charge in [0.25, 0.3) is 0 Å². The van der Waals surface area contributed by atoms with Crippen LogP contribution < -0.4 is 10.1 Å². The van der Waals surface area contributed by atoms with Crippen LogP contribution in [0.25, 0.3) is 0 Å². The Morgan fingerprint density at radius 3 is 2.90 bits per heavy atom. The Balaban J connectivity index is 1.64. The number of benzene rings is 1. The molecule has 0 aliphatic heterocycles. The lowest BCUT2D eigenvalue weighted by Crippen LogP contribution is -2.16. The molecule has 0 aliphatic carbocycles. The van der Waals surface area contributed by atoms with Crippen LogP contribution in [0.1, 0.15) is 19.0 Å². The molecule has 1 aromatic heterocycles. The summed E-state index contributed by atoms with van der Waals surface area (Å²) in [4.78, 5) is 4.41. The van der Waals surface area contributed by atoms with Gasteiger partial charge in [-0.3, -0.25) is 0 Å². The standard InChI is InChI=1S/C16H23N3O/c1-2-17-10-9-15-13-19(14-18-15)11-6-12-20-16-7-4-3-5-8-16/h3-5,7-8,13-14,17H,2,6,9-12H2,1H3. The van der Waals surface area contributed by atoms with E-state index in [-0.39, 0.29) is 0 Å². The number of nitrogens with one attached hydrogen (secondary N) is 1. The largest absolute Gasteiger partial charge is 0.494 e. The quantitative estimate of drug-likeness (QED) is 0.714. The van der Waals surface area contributed by atoms with Crippen molar-refractivity contribution in [3.63, 3.8) is 0 Å². The summed E-state index contributed by atoms with van der Waals surface area (Å²) < 4.78 is 7.80. The van der Waals surface area contributed by atoms with E-state index in [0.29, 0.717) is 0 Å². The third kappa shape index (κ3) is 5.05. The van der Waals surface area contributed by atoms with Crippen molar-refractivity contribution in [2.24, 2.45) is 0 Å². The highest BCUT2D eigenvalue weighted by atomic mass is 16.5. The molecule has 0 atom stereocenters. The third-order valence-corrected chi connectivity index (χ3v) is 3.07. The highest BCUT2D eigenvalue weighted by Crippen LogP contribution is 2.08. The molecule has 4 heteroatoms. The molecule has 4 nitrogen and oxygen atoms in total. The van der Waals surface area contributed by atoms with E-state index in [1.165, 1.54) is 0 Å². The van der Waals surface area contributed by atoms with Crippen molar-refractivity contribution in [1.29, 1.82) is 0 Å². The van der Waals surface area contributed by atoms with Gasteiger partial charge in [0.05, 0.1) is 18.6 Å². The van der Waals surface area contributed by atoms with Gasteiger partial charge < -0.3 is 14.6 Å². The smallest absolute Gasteiger partial charge is 0.119 e. The molecule has 0 saturated carbocycles. The molecule has 0 saturated heterocycles. The third-order valence-electron chi connectivity index (χ3n) is 3.07. The van der Waals surface area contributed by atoms with Crippen LogP contribution in [-0.4, -0.2) is 29.2 Å². The Labute approximate surface area is 120 Å². The number of ether oxygens (including phenoxy) is 1. The molecule has 0 amide bonds. The highest BCUT2D eigenvalue weighted by molar-refractivity contribution is 5.20. The van der Waals surface area contributed by atoms with Crippen LogP contribution in [0.2, 0.25) is 0 Å². The second-order valence-electron chi connectivity index (χ2n) is 4.72. The fourth-order valence-electron chi connectivity index (χ4n) is 2.00. The van der Waals surface area contributed by atoms with Crippen LogP contribution in [-0.2, 0) is 13.0 Å². The fraction of sp³-hybridized carbons (Fsp3) is 0.438. The van der Waals surface area contributed by atoms with Crippen molar-refractivity contribution < 1.29 is 4.74 Å². The van der Waals surface area contributed by atoms with Gasteiger partial charge in [-0.05, 0) is 25.1 Å². The topological polar surface area (TPSA) is 39.1 Å². The molecule has 0 spiro atoms. The first-order valence-electron chi connectivity index (χ1n) is 7.27. The first kappa shape index (κ1) is 14.6. The molecule has 2 aromatic rings. The lowest BCUT2D eigenvalue weighted by Gasteiger charge is -2.06. The number of rotatable bonds is 9. The number of hydrogen-bond donors (Lipinski definition) is 1. The number of aromatic nitrogens is 2. The molecule has 1 heterocycles. The van der Waals surface area contributed by atoms with Gasteiger partial charge in [0.15, 0.2) is 0 Å². The van der Waals surface area contributed by atoms with Crippen molar-refractivity contribution in [3.8, 4) is 5.75 Å². The zero-order valence-corrected chi connectivity index (χ0v) is 12.1. The van der Waals surface area contributed by atoms with Crippen LogP contribution in [0.3, 0.4) is 0 Å². The van der Waals surface area contributed by atoms with Gasteiger partial charge in [0.1, 0.15) is 5.75 Å². The molecular formula is C16H23N3O. The van der Waals surface area contributed by atoms with Crippen molar-refractivity contribution in [1.82, 2.24) is 14.9 Å². The van der Waals surface area contributed by atoms with Gasteiger partial charge >= 0.3 is 0 Å². The average Bonchev–Trinajstić information content (AvgIpc) is 2.93. The number of aryl methyl sites for hydroxylation is 1. The number of imidazole rings is 1. The van der Waals surface area contributed by atoms with Gasteiger partial charge in [-0.15, -0.1) is 0 Å². The van der Waals surface area contributed by atoms with E-state index in [1.54, 1.807) is 0 Å². The lowest BCUT2D eigenvalue weighted by atomic mass is 10.3. The van der Waals surface area contributed by atoms with E-state index in [9.17, 15) is 0 Å². The average molecular weight is 273 g/mol. The maximum Gasteiger partial charge on any atom is 0.119 e.